The van der Waals surface area contributed by atoms with E-state index in [0.717, 1.165) is 72.0 Å². The molecule has 1 aliphatic carbocycles. The Balaban J connectivity index is 1.04. The normalized spacial score (nSPS) is 12.7. The van der Waals surface area contributed by atoms with Gasteiger partial charge in [0, 0.05) is 32.9 Å². The van der Waals surface area contributed by atoms with Gasteiger partial charge in [0.2, 0.25) is 0 Å². The van der Waals surface area contributed by atoms with Crippen LogP contribution in [-0.4, -0.2) is 15.0 Å². The molecule has 1 aliphatic rings. The predicted octanol–water partition coefficient (Wildman–Crippen LogP) is 15.7. The molecule has 0 spiro atoms. The van der Waals surface area contributed by atoms with Crippen molar-refractivity contribution in [2.24, 2.45) is 0 Å². The van der Waals surface area contributed by atoms with Crippen LogP contribution >= 0.6 is 0 Å². The molecule has 302 valence electrons. The zero-order valence-corrected chi connectivity index (χ0v) is 35.5. The Hall–Kier alpha value is -8.21. The monoisotopic (exact) mass is 819 g/mol. The number of aromatic nitrogens is 3. The van der Waals surface area contributed by atoms with Gasteiger partial charge in [0.15, 0.2) is 17.5 Å². The quantitative estimate of drug-likeness (QED) is 0.161. The molecule has 0 saturated heterocycles. The molecular weight excluding hydrogens is 779 g/mol. The van der Waals surface area contributed by atoms with E-state index in [0.29, 0.717) is 17.5 Å². The van der Waals surface area contributed by atoms with Gasteiger partial charge < -0.3 is 4.42 Å². The van der Waals surface area contributed by atoms with Crippen molar-refractivity contribution < 1.29 is 4.42 Å². The van der Waals surface area contributed by atoms with Crippen molar-refractivity contribution in [2.75, 3.05) is 0 Å². The number of benzene rings is 9. The molecular formula is C60H41N3O. The van der Waals surface area contributed by atoms with Crippen LogP contribution in [0.4, 0.5) is 0 Å². The first-order valence-electron chi connectivity index (χ1n) is 21.8. The number of rotatable bonds is 7. The van der Waals surface area contributed by atoms with Crippen LogP contribution in [0.1, 0.15) is 25.0 Å². The fourth-order valence-electron chi connectivity index (χ4n) is 9.68. The van der Waals surface area contributed by atoms with E-state index in [-0.39, 0.29) is 5.41 Å². The highest BCUT2D eigenvalue weighted by atomic mass is 16.3. The zero-order valence-electron chi connectivity index (χ0n) is 35.5. The van der Waals surface area contributed by atoms with Gasteiger partial charge in [0.05, 0.1) is 0 Å². The lowest BCUT2D eigenvalue weighted by Gasteiger charge is -2.21. The lowest BCUT2D eigenvalue weighted by atomic mass is 9.82. The molecule has 64 heavy (non-hydrogen) atoms. The number of fused-ring (bicyclic) bond motifs is 6. The molecule has 12 rings (SSSR count). The Bertz CT molecular complexity index is 3510. The summed E-state index contributed by atoms with van der Waals surface area (Å²) in [4.78, 5) is 15.9. The van der Waals surface area contributed by atoms with E-state index < -0.39 is 0 Å². The molecule has 0 amide bonds. The molecule has 2 heterocycles. The fraction of sp³-hybridized carbons (Fsp3) is 0.0500. The molecule has 2 aromatic heterocycles. The van der Waals surface area contributed by atoms with Crippen LogP contribution in [0.2, 0.25) is 0 Å². The first kappa shape index (κ1) is 37.5. The number of furan rings is 1. The molecule has 0 fully saturated rings. The van der Waals surface area contributed by atoms with Crippen molar-refractivity contribution in [3.8, 4) is 89.8 Å². The number of hydrogen-bond donors (Lipinski definition) is 0. The van der Waals surface area contributed by atoms with Gasteiger partial charge in [-0.1, -0.05) is 178 Å². The Morgan fingerprint density at radius 2 is 0.797 bits per heavy atom. The number of nitrogens with zero attached hydrogens (tertiary/aromatic N) is 3. The minimum atomic E-state index is -0.113. The maximum absolute atomic E-state index is 6.68. The van der Waals surface area contributed by atoms with E-state index in [2.05, 4.69) is 226 Å². The molecule has 4 nitrogen and oxygen atoms in total. The van der Waals surface area contributed by atoms with E-state index in [4.69, 9.17) is 19.4 Å². The van der Waals surface area contributed by atoms with Gasteiger partial charge in [0.1, 0.15) is 11.2 Å². The fourth-order valence-corrected chi connectivity index (χ4v) is 9.68. The average molecular weight is 820 g/mol. The topological polar surface area (TPSA) is 51.8 Å². The molecule has 0 unspecified atom stereocenters. The van der Waals surface area contributed by atoms with Gasteiger partial charge in [-0.3, -0.25) is 0 Å². The summed E-state index contributed by atoms with van der Waals surface area (Å²) in [6.07, 6.45) is 0. The predicted molar refractivity (Wildman–Crippen MR) is 263 cm³/mol. The average Bonchev–Trinajstić information content (AvgIpc) is 3.85. The molecule has 0 N–H and O–H groups in total. The summed E-state index contributed by atoms with van der Waals surface area (Å²) in [5.41, 5.74) is 18.3. The molecule has 0 atom stereocenters. The summed E-state index contributed by atoms with van der Waals surface area (Å²) in [5, 5.41) is 2.12. The van der Waals surface area contributed by atoms with Gasteiger partial charge >= 0.3 is 0 Å². The van der Waals surface area contributed by atoms with E-state index in [9.17, 15) is 0 Å². The summed E-state index contributed by atoms with van der Waals surface area (Å²) in [6.45, 7) is 4.61. The maximum atomic E-state index is 6.68. The molecule has 9 aromatic carbocycles. The smallest absolute Gasteiger partial charge is 0.164 e. The van der Waals surface area contributed by atoms with Crippen molar-refractivity contribution >= 4 is 21.9 Å². The minimum Gasteiger partial charge on any atom is -0.456 e. The SMILES string of the molecule is CC1(C)c2ccccc2-c2cc(-c3nc(-c4cc(-c5ccccc5)cc(-c5ccccc5)c4)nc(-c4ccc5c(c4)oc4cccc(-c6cccc(-c7ccccc7)c6)c45)n3)ccc21. The molecule has 11 aromatic rings. The van der Waals surface area contributed by atoms with Crippen LogP contribution in [0, 0.1) is 0 Å². The van der Waals surface area contributed by atoms with Crippen LogP contribution in [0.5, 0.6) is 0 Å². The largest absolute Gasteiger partial charge is 0.456 e. The molecule has 4 heteroatoms. The van der Waals surface area contributed by atoms with E-state index in [1.807, 2.05) is 0 Å². The highest BCUT2D eigenvalue weighted by Gasteiger charge is 2.35. The van der Waals surface area contributed by atoms with Crippen LogP contribution in [-0.2, 0) is 5.41 Å². The van der Waals surface area contributed by atoms with Crippen molar-refractivity contribution in [3.05, 3.63) is 223 Å². The highest BCUT2D eigenvalue weighted by Crippen LogP contribution is 2.49. The third-order valence-electron chi connectivity index (χ3n) is 12.9. The van der Waals surface area contributed by atoms with Crippen molar-refractivity contribution in [1.29, 1.82) is 0 Å². The highest BCUT2D eigenvalue weighted by molar-refractivity contribution is 6.13. The summed E-state index contributed by atoms with van der Waals surface area (Å²) in [7, 11) is 0. The minimum absolute atomic E-state index is 0.113. The van der Waals surface area contributed by atoms with Crippen molar-refractivity contribution in [1.82, 2.24) is 15.0 Å². The van der Waals surface area contributed by atoms with Gasteiger partial charge in [-0.25, -0.2) is 15.0 Å². The van der Waals surface area contributed by atoms with Gasteiger partial charge in [0.25, 0.3) is 0 Å². The van der Waals surface area contributed by atoms with Gasteiger partial charge in [-0.15, -0.1) is 0 Å². The van der Waals surface area contributed by atoms with Crippen LogP contribution in [0.3, 0.4) is 0 Å². The summed E-state index contributed by atoms with van der Waals surface area (Å²) in [5.74, 6) is 1.79. The zero-order chi connectivity index (χ0) is 42.8. The van der Waals surface area contributed by atoms with Gasteiger partial charge in [-0.2, -0.15) is 0 Å². The Labute approximate surface area is 372 Å². The molecule has 0 bridgehead atoms. The Morgan fingerprint density at radius 1 is 0.312 bits per heavy atom. The van der Waals surface area contributed by atoms with E-state index >= 15 is 0 Å². The summed E-state index contributed by atoms with van der Waals surface area (Å²) >= 11 is 0. The van der Waals surface area contributed by atoms with Crippen LogP contribution < -0.4 is 0 Å². The third-order valence-corrected chi connectivity index (χ3v) is 12.9. The first-order valence-corrected chi connectivity index (χ1v) is 21.8. The Kier molecular flexibility index (Phi) is 8.80. The van der Waals surface area contributed by atoms with E-state index in [1.54, 1.807) is 0 Å². The van der Waals surface area contributed by atoms with Crippen molar-refractivity contribution in [3.63, 3.8) is 0 Å². The maximum Gasteiger partial charge on any atom is 0.164 e. The second-order valence-corrected chi connectivity index (χ2v) is 17.2. The molecule has 0 aliphatic heterocycles. The lowest BCUT2D eigenvalue weighted by Crippen LogP contribution is -2.14. The third kappa shape index (κ3) is 6.42. The van der Waals surface area contributed by atoms with Crippen LogP contribution in [0.15, 0.2) is 217 Å². The van der Waals surface area contributed by atoms with Crippen molar-refractivity contribution in [2.45, 2.75) is 19.3 Å². The molecule has 0 saturated carbocycles. The number of hydrogen-bond acceptors (Lipinski definition) is 4. The summed E-state index contributed by atoms with van der Waals surface area (Å²) < 4.78 is 6.68. The second kappa shape index (κ2) is 15.0. The second-order valence-electron chi connectivity index (χ2n) is 17.2. The van der Waals surface area contributed by atoms with Gasteiger partial charge in [-0.05, 0) is 115 Å². The molecule has 0 radical (unpaired) electrons. The standard InChI is InChI=1S/C60H41N3O/c1-60(2)52-26-13-12-24-49(52)51-36-43(29-31-53(51)60)57-61-58(63-59(62-57)47-34-45(39-18-8-4-9-19-39)33-46(35-47)40-20-10-5-11-21-40)44-28-30-50-55(37-44)64-54-27-15-25-48(56(50)54)42-23-14-22-41(32-42)38-16-6-3-7-17-38/h3-37H,1-2H3. The Morgan fingerprint density at radius 3 is 1.48 bits per heavy atom. The first-order chi connectivity index (χ1) is 31.4. The van der Waals surface area contributed by atoms with Crippen LogP contribution in [0.25, 0.3) is 112 Å². The summed E-state index contributed by atoms with van der Waals surface area (Å²) in [6, 6.07) is 75.0. The van der Waals surface area contributed by atoms with E-state index in [1.165, 1.54) is 33.4 Å². The lowest BCUT2D eigenvalue weighted by molar-refractivity contribution is 0.660.